The van der Waals surface area contributed by atoms with Gasteiger partial charge in [-0.25, -0.2) is 0 Å². The van der Waals surface area contributed by atoms with Gasteiger partial charge in [-0.3, -0.25) is 14.9 Å². The van der Waals surface area contributed by atoms with Gasteiger partial charge in [0, 0.05) is 0 Å². The first-order chi connectivity index (χ1) is 9.02. The smallest absolute Gasteiger partial charge is 0.243 e. The average Bonchev–Trinajstić information content (AvgIpc) is 2.38. The third-order valence-electron chi connectivity index (χ3n) is 2.62. The van der Waals surface area contributed by atoms with E-state index in [9.17, 15) is 9.59 Å². The molecule has 0 bridgehead atoms. The van der Waals surface area contributed by atoms with Gasteiger partial charge in [0.05, 0.1) is 12.5 Å². The number of nitrogens with two attached hydrogens (primary N) is 2. The minimum Gasteiger partial charge on any atom is -0.508 e. The predicted molar refractivity (Wildman–Crippen MR) is 71.2 cm³/mol. The van der Waals surface area contributed by atoms with Crippen molar-refractivity contribution in [3.8, 4) is 5.75 Å². The quantitative estimate of drug-likeness (QED) is 0.560. The van der Waals surface area contributed by atoms with Crippen LogP contribution in [0.25, 0.3) is 0 Å². The Kier molecular flexibility index (Phi) is 5.98. The highest BCUT2D eigenvalue weighted by atomic mass is 16.3. The Morgan fingerprint density at radius 1 is 1.26 bits per heavy atom. The van der Waals surface area contributed by atoms with Gasteiger partial charge in [-0.15, -0.1) is 0 Å². The number of carbonyl (C=O) groups is 2. The molecule has 1 rings (SSSR count). The first-order valence-corrected chi connectivity index (χ1v) is 6.10. The highest BCUT2D eigenvalue weighted by molar-refractivity contribution is 5.98. The van der Waals surface area contributed by atoms with Crippen LogP contribution in [0.3, 0.4) is 0 Å². The molecular formula is C13H19N3O3. The number of benzene rings is 1. The van der Waals surface area contributed by atoms with Crippen molar-refractivity contribution < 1.29 is 14.7 Å². The summed E-state index contributed by atoms with van der Waals surface area (Å²) in [4.78, 5) is 23.2. The molecule has 0 aliphatic heterocycles. The van der Waals surface area contributed by atoms with Crippen molar-refractivity contribution in [1.82, 2.24) is 5.32 Å². The van der Waals surface area contributed by atoms with E-state index in [0.717, 1.165) is 0 Å². The van der Waals surface area contributed by atoms with E-state index in [1.807, 2.05) is 0 Å². The maximum Gasteiger partial charge on any atom is 0.243 e. The standard InChI is InChI=1S/C13H19N3O3/c14-7-1-2-11(15)13(19)16-12(18)8-9-3-5-10(17)6-4-9/h3-6,11,17H,1-2,7-8,14-15H2,(H,16,18,19). The average molecular weight is 265 g/mol. The van der Waals surface area contributed by atoms with Crippen LogP contribution in [-0.2, 0) is 16.0 Å². The Balaban J connectivity index is 2.42. The van der Waals surface area contributed by atoms with Gasteiger partial charge in [0.2, 0.25) is 11.8 Å². The van der Waals surface area contributed by atoms with Crippen LogP contribution < -0.4 is 16.8 Å². The molecule has 6 N–H and O–H groups in total. The van der Waals surface area contributed by atoms with Gasteiger partial charge in [0.25, 0.3) is 0 Å². The maximum atomic E-state index is 11.6. The number of rotatable bonds is 6. The molecule has 0 aliphatic rings. The van der Waals surface area contributed by atoms with E-state index < -0.39 is 17.9 Å². The number of hydrogen-bond donors (Lipinski definition) is 4. The van der Waals surface area contributed by atoms with Crippen molar-refractivity contribution >= 4 is 11.8 Å². The van der Waals surface area contributed by atoms with E-state index in [1.54, 1.807) is 12.1 Å². The predicted octanol–water partition coefficient (Wildman–Crippen LogP) is -0.356. The molecule has 6 nitrogen and oxygen atoms in total. The molecule has 1 aromatic carbocycles. The lowest BCUT2D eigenvalue weighted by Gasteiger charge is -2.10. The summed E-state index contributed by atoms with van der Waals surface area (Å²) < 4.78 is 0. The summed E-state index contributed by atoms with van der Waals surface area (Å²) in [6, 6.07) is 5.49. The molecule has 1 aromatic rings. The number of hydrogen-bond acceptors (Lipinski definition) is 5. The molecule has 104 valence electrons. The fraction of sp³-hybridized carbons (Fsp3) is 0.385. The second-order valence-electron chi connectivity index (χ2n) is 4.29. The Bertz CT molecular complexity index is 431. The van der Waals surface area contributed by atoms with Crippen molar-refractivity contribution in [2.75, 3.05) is 6.54 Å². The summed E-state index contributed by atoms with van der Waals surface area (Å²) >= 11 is 0. The van der Waals surface area contributed by atoms with Crippen LogP contribution in [0.4, 0.5) is 0 Å². The van der Waals surface area contributed by atoms with Gasteiger partial charge in [-0.2, -0.15) is 0 Å². The van der Waals surface area contributed by atoms with Gasteiger partial charge >= 0.3 is 0 Å². The number of aromatic hydroxyl groups is 1. The van der Waals surface area contributed by atoms with Crippen LogP contribution in [0, 0.1) is 0 Å². The fourth-order valence-corrected chi connectivity index (χ4v) is 1.54. The molecular weight excluding hydrogens is 246 g/mol. The molecule has 0 radical (unpaired) electrons. The van der Waals surface area contributed by atoms with Gasteiger partial charge < -0.3 is 16.6 Å². The second-order valence-corrected chi connectivity index (χ2v) is 4.29. The molecule has 0 saturated heterocycles. The van der Waals surface area contributed by atoms with Crippen molar-refractivity contribution in [2.45, 2.75) is 25.3 Å². The molecule has 0 aromatic heterocycles. The topological polar surface area (TPSA) is 118 Å². The van der Waals surface area contributed by atoms with Crippen molar-refractivity contribution in [1.29, 1.82) is 0 Å². The molecule has 1 atom stereocenters. The Labute approximate surface area is 111 Å². The Morgan fingerprint density at radius 2 is 1.89 bits per heavy atom. The highest BCUT2D eigenvalue weighted by Crippen LogP contribution is 2.09. The number of nitrogens with one attached hydrogen (secondary N) is 1. The summed E-state index contributed by atoms with van der Waals surface area (Å²) in [5.41, 5.74) is 11.6. The zero-order valence-electron chi connectivity index (χ0n) is 10.6. The molecule has 0 fully saturated rings. The van der Waals surface area contributed by atoms with Crippen LogP contribution >= 0.6 is 0 Å². The third-order valence-corrected chi connectivity index (χ3v) is 2.62. The normalized spacial score (nSPS) is 11.9. The highest BCUT2D eigenvalue weighted by Gasteiger charge is 2.15. The van der Waals surface area contributed by atoms with Gasteiger partial charge in [0.1, 0.15) is 5.75 Å². The molecule has 0 aliphatic carbocycles. The van der Waals surface area contributed by atoms with E-state index in [1.165, 1.54) is 12.1 Å². The van der Waals surface area contributed by atoms with Crippen molar-refractivity contribution in [3.05, 3.63) is 29.8 Å². The zero-order valence-corrected chi connectivity index (χ0v) is 10.6. The van der Waals surface area contributed by atoms with E-state index in [2.05, 4.69) is 5.32 Å². The van der Waals surface area contributed by atoms with Crippen LogP contribution in [-0.4, -0.2) is 29.5 Å². The van der Waals surface area contributed by atoms with Gasteiger partial charge in [-0.05, 0) is 37.1 Å². The van der Waals surface area contributed by atoms with Crippen LogP contribution in [0.15, 0.2) is 24.3 Å². The van der Waals surface area contributed by atoms with E-state index >= 15 is 0 Å². The lowest BCUT2D eigenvalue weighted by Crippen LogP contribution is -2.44. The van der Waals surface area contributed by atoms with Crippen molar-refractivity contribution in [3.63, 3.8) is 0 Å². The molecule has 2 amide bonds. The fourth-order valence-electron chi connectivity index (χ4n) is 1.54. The third kappa shape index (κ3) is 5.50. The minimum absolute atomic E-state index is 0.0651. The summed E-state index contributed by atoms with van der Waals surface area (Å²) in [5.74, 6) is -0.778. The molecule has 19 heavy (non-hydrogen) atoms. The summed E-state index contributed by atoms with van der Waals surface area (Å²) in [7, 11) is 0. The number of phenolic OH excluding ortho intramolecular Hbond substituents is 1. The van der Waals surface area contributed by atoms with Crippen LogP contribution in [0.5, 0.6) is 5.75 Å². The van der Waals surface area contributed by atoms with Gasteiger partial charge in [-0.1, -0.05) is 12.1 Å². The molecule has 6 heteroatoms. The number of imide groups is 1. The summed E-state index contributed by atoms with van der Waals surface area (Å²) in [6.45, 7) is 0.461. The Hall–Kier alpha value is -1.92. The largest absolute Gasteiger partial charge is 0.508 e. The van der Waals surface area contributed by atoms with Crippen molar-refractivity contribution in [2.24, 2.45) is 11.5 Å². The van der Waals surface area contributed by atoms with Crippen LogP contribution in [0.1, 0.15) is 18.4 Å². The first kappa shape index (κ1) is 15.1. The lowest BCUT2D eigenvalue weighted by molar-refractivity contribution is -0.130. The zero-order chi connectivity index (χ0) is 14.3. The lowest BCUT2D eigenvalue weighted by atomic mass is 10.1. The van der Waals surface area contributed by atoms with E-state index in [0.29, 0.717) is 24.9 Å². The first-order valence-electron chi connectivity index (χ1n) is 6.10. The maximum absolute atomic E-state index is 11.6. The van der Waals surface area contributed by atoms with Crippen LogP contribution in [0.2, 0.25) is 0 Å². The molecule has 0 spiro atoms. The monoisotopic (exact) mass is 265 g/mol. The number of amides is 2. The molecule has 0 saturated carbocycles. The number of phenols is 1. The minimum atomic E-state index is -0.715. The van der Waals surface area contributed by atoms with E-state index in [4.69, 9.17) is 16.6 Å². The second kappa shape index (κ2) is 7.50. The number of carbonyl (C=O) groups excluding carboxylic acids is 2. The summed E-state index contributed by atoms with van der Waals surface area (Å²) in [6.07, 6.45) is 1.16. The van der Waals surface area contributed by atoms with Gasteiger partial charge in [0.15, 0.2) is 0 Å². The van der Waals surface area contributed by atoms with E-state index in [-0.39, 0.29) is 12.2 Å². The molecule has 1 unspecified atom stereocenters. The Morgan fingerprint density at radius 3 is 2.47 bits per heavy atom. The molecule has 0 heterocycles. The SMILES string of the molecule is NCCCC(N)C(=O)NC(=O)Cc1ccc(O)cc1. The summed E-state index contributed by atoms with van der Waals surface area (Å²) in [5, 5.41) is 11.4.